The normalized spacial score (nSPS) is 27.1. The van der Waals surface area contributed by atoms with E-state index in [1.807, 2.05) is 12.1 Å². The van der Waals surface area contributed by atoms with Crippen LogP contribution in [-0.2, 0) is 0 Å². The number of rotatable bonds is 1. The van der Waals surface area contributed by atoms with E-state index in [-0.39, 0.29) is 0 Å². The molecule has 4 heteroatoms. The zero-order chi connectivity index (χ0) is 13.4. The Morgan fingerprint density at radius 2 is 2.05 bits per heavy atom. The lowest BCUT2D eigenvalue weighted by Crippen LogP contribution is -2.36. The topological polar surface area (TPSA) is 56.3 Å². The zero-order valence-electron chi connectivity index (χ0n) is 11.3. The highest BCUT2D eigenvalue weighted by atomic mass is 15.3. The first-order chi connectivity index (χ1) is 9.19. The number of hydrogen-bond donors (Lipinski definition) is 1. The summed E-state index contributed by atoms with van der Waals surface area (Å²) in [6.45, 7) is 2.05. The summed E-state index contributed by atoms with van der Waals surface area (Å²) in [5.41, 5.74) is 8.59. The van der Waals surface area contributed by atoms with E-state index in [9.17, 15) is 0 Å². The molecule has 2 unspecified atom stereocenters. The third kappa shape index (κ3) is 2.15. The number of fused-ring (bicyclic) bond motifs is 2. The molecule has 1 aromatic carbocycles. The Balaban J connectivity index is 1.89. The maximum Gasteiger partial charge on any atom is 0.0992 e. The Labute approximate surface area is 114 Å². The maximum atomic E-state index is 9.04. The van der Waals surface area contributed by atoms with Crippen molar-refractivity contribution < 1.29 is 0 Å². The Kier molecular flexibility index (Phi) is 3.08. The molecule has 0 saturated carbocycles. The lowest BCUT2D eigenvalue weighted by atomic mass is 10.1. The monoisotopic (exact) mass is 256 g/mol. The highest BCUT2D eigenvalue weighted by molar-refractivity contribution is 5.70. The quantitative estimate of drug-likeness (QED) is 0.779. The molecule has 100 valence electrons. The van der Waals surface area contributed by atoms with Gasteiger partial charge in [-0.3, -0.25) is 4.90 Å². The first kappa shape index (κ1) is 12.3. The third-order valence-corrected chi connectivity index (χ3v) is 4.65. The summed E-state index contributed by atoms with van der Waals surface area (Å²) >= 11 is 0. The van der Waals surface area contributed by atoms with Crippen molar-refractivity contribution in [3.8, 4) is 6.07 Å². The van der Waals surface area contributed by atoms with Crippen LogP contribution in [0.4, 0.5) is 11.4 Å². The molecular weight excluding hydrogens is 236 g/mol. The van der Waals surface area contributed by atoms with Crippen molar-refractivity contribution in [2.75, 3.05) is 30.8 Å². The van der Waals surface area contributed by atoms with Crippen LogP contribution in [0.5, 0.6) is 0 Å². The minimum Gasteiger partial charge on any atom is -0.397 e. The first-order valence-corrected chi connectivity index (χ1v) is 6.95. The number of hydrogen-bond acceptors (Lipinski definition) is 4. The van der Waals surface area contributed by atoms with Crippen LogP contribution in [0.15, 0.2) is 18.2 Å². The molecule has 2 aliphatic heterocycles. The van der Waals surface area contributed by atoms with Crippen molar-refractivity contribution in [2.45, 2.75) is 31.3 Å². The summed E-state index contributed by atoms with van der Waals surface area (Å²) in [7, 11) is 2.24. The van der Waals surface area contributed by atoms with Crippen LogP contribution in [-0.4, -0.2) is 37.1 Å². The minimum absolute atomic E-state index is 0.623. The van der Waals surface area contributed by atoms with Gasteiger partial charge < -0.3 is 10.6 Å². The summed E-state index contributed by atoms with van der Waals surface area (Å²) in [4.78, 5) is 4.88. The Morgan fingerprint density at radius 1 is 1.26 bits per heavy atom. The van der Waals surface area contributed by atoms with Crippen molar-refractivity contribution in [3.05, 3.63) is 23.8 Å². The summed E-state index contributed by atoms with van der Waals surface area (Å²) in [5, 5.41) is 9.04. The van der Waals surface area contributed by atoms with Crippen LogP contribution >= 0.6 is 0 Å². The van der Waals surface area contributed by atoms with Crippen LogP contribution in [0.1, 0.15) is 24.8 Å². The molecule has 2 N–H and O–H groups in total. The summed E-state index contributed by atoms with van der Waals surface area (Å²) in [5.74, 6) is 0. The fraction of sp³-hybridized carbons (Fsp3) is 0.533. The molecule has 2 atom stereocenters. The van der Waals surface area contributed by atoms with E-state index in [0.29, 0.717) is 11.6 Å². The highest BCUT2D eigenvalue weighted by Gasteiger charge is 2.34. The molecular formula is C15H20N4. The molecule has 2 aliphatic rings. The molecule has 2 fully saturated rings. The second-order valence-electron chi connectivity index (χ2n) is 5.67. The second-order valence-corrected chi connectivity index (χ2v) is 5.67. The number of nitrogen functional groups attached to an aromatic ring is 1. The van der Waals surface area contributed by atoms with Gasteiger partial charge in [-0.15, -0.1) is 0 Å². The number of likely N-dealkylation sites (N-methyl/N-ethyl adjacent to an activating group) is 1. The average Bonchev–Trinajstić information content (AvgIpc) is 2.65. The van der Waals surface area contributed by atoms with Gasteiger partial charge in [-0.2, -0.15) is 5.26 Å². The zero-order valence-corrected chi connectivity index (χ0v) is 11.3. The Hall–Kier alpha value is -1.73. The van der Waals surface area contributed by atoms with Crippen LogP contribution in [0, 0.1) is 11.3 Å². The van der Waals surface area contributed by atoms with Gasteiger partial charge in [0.1, 0.15) is 0 Å². The molecule has 2 saturated heterocycles. The number of benzene rings is 1. The van der Waals surface area contributed by atoms with Gasteiger partial charge in [-0.1, -0.05) is 0 Å². The SMILES string of the molecule is CN1C2CCC1CN(c1cc(C#N)ccc1N)CC2. The smallest absolute Gasteiger partial charge is 0.0992 e. The fourth-order valence-corrected chi connectivity index (χ4v) is 3.41. The maximum absolute atomic E-state index is 9.04. The molecule has 0 amide bonds. The number of nitrogens with zero attached hydrogens (tertiary/aromatic N) is 3. The molecule has 0 spiro atoms. The minimum atomic E-state index is 0.623. The largest absolute Gasteiger partial charge is 0.397 e. The molecule has 2 bridgehead atoms. The van der Waals surface area contributed by atoms with Crippen LogP contribution in [0.3, 0.4) is 0 Å². The van der Waals surface area contributed by atoms with Gasteiger partial charge in [0.15, 0.2) is 0 Å². The molecule has 3 rings (SSSR count). The first-order valence-electron chi connectivity index (χ1n) is 6.95. The van der Waals surface area contributed by atoms with E-state index in [4.69, 9.17) is 11.0 Å². The summed E-state index contributed by atoms with van der Waals surface area (Å²) < 4.78 is 0. The van der Waals surface area contributed by atoms with Gasteiger partial charge in [-0.05, 0) is 44.5 Å². The van der Waals surface area contributed by atoms with E-state index >= 15 is 0 Å². The molecule has 4 nitrogen and oxygen atoms in total. The van der Waals surface area contributed by atoms with Crippen molar-refractivity contribution in [3.63, 3.8) is 0 Å². The standard InChI is InChI=1S/C15H20N4/c1-18-12-3-4-13(18)10-19(7-6-12)15-8-11(9-16)2-5-14(15)17/h2,5,8,12-13H,3-4,6-7,10,17H2,1H3. The summed E-state index contributed by atoms with van der Waals surface area (Å²) in [6, 6.07) is 9.10. The van der Waals surface area contributed by atoms with Crippen molar-refractivity contribution in [1.82, 2.24) is 4.90 Å². The van der Waals surface area contributed by atoms with Gasteiger partial charge in [0.05, 0.1) is 23.0 Å². The fourth-order valence-electron chi connectivity index (χ4n) is 3.41. The average molecular weight is 256 g/mol. The predicted molar refractivity (Wildman–Crippen MR) is 77.0 cm³/mol. The van der Waals surface area contributed by atoms with Gasteiger partial charge in [-0.25, -0.2) is 0 Å². The van der Waals surface area contributed by atoms with Crippen LogP contribution < -0.4 is 10.6 Å². The summed E-state index contributed by atoms with van der Waals surface area (Å²) in [6.07, 6.45) is 3.78. The van der Waals surface area contributed by atoms with E-state index in [1.165, 1.54) is 19.3 Å². The van der Waals surface area contributed by atoms with Gasteiger partial charge in [0, 0.05) is 25.2 Å². The van der Waals surface area contributed by atoms with Crippen LogP contribution in [0.25, 0.3) is 0 Å². The predicted octanol–water partition coefficient (Wildman–Crippen LogP) is 1.81. The highest BCUT2D eigenvalue weighted by Crippen LogP contribution is 2.33. The van der Waals surface area contributed by atoms with Gasteiger partial charge in [0.25, 0.3) is 0 Å². The molecule has 0 radical (unpaired) electrons. The lowest BCUT2D eigenvalue weighted by Gasteiger charge is -2.28. The van der Waals surface area contributed by atoms with Crippen molar-refractivity contribution in [1.29, 1.82) is 5.26 Å². The number of nitrogens with two attached hydrogens (primary N) is 1. The van der Waals surface area contributed by atoms with Crippen molar-refractivity contribution >= 4 is 11.4 Å². The molecule has 19 heavy (non-hydrogen) atoms. The van der Waals surface area contributed by atoms with Crippen LogP contribution in [0.2, 0.25) is 0 Å². The molecule has 1 aromatic rings. The van der Waals surface area contributed by atoms with E-state index in [2.05, 4.69) is 22.9 Å². The molecule has 0 aromatic heterocycles. The van der Waals surface area contributed by atoms with E-state index in [1.54, 1.807) is 6.07 Å². The number of nitriles is 1. The van der Waals surface area contributed by atoms with Gasteiger partial charge >= 0.3 is 0 Å². The van der Waals surface area contributed by atoms with Crippen molar-refractivity contribution in [2.24, 2.45) is 0 Å². The second kappa shape index (κ2) is 4.75. The van der Waals surface area contributed by atoms with Gasteiger partial charge in [0.2, 0.25) is 0 Å². The molecule has 0 aliphatic carbocycles. The third-order valence-electron chi connectivity index (χ3n) is 4.65. The Morgan fingerprint density at radius 3 is 2.84 bits per heavy atom. The van der Waals surface area contributed by atoms with E-state index < -0.39 is 0 Å². The number of anilines is 2. The lowest BCUT2D eigenvalue weighted by molar-refractivity contribution is 0.254. The van der Waals surface area contributed by atoms with E-state index in [0.717, 1.165) is 30.5 Å². The molecule has 2 heterocycles. The Bertz CT molecular complexity index is 519.